The minimum Gasteiger partial charge on any atom is -0.352 e. The third-order valence-electron chi connectivity index (χ3n) is 6.81. The molecule has 1 aromatic carbocycles. The van der Waals surface area contributed by atoms with Crippen molar-refractivity contribution >= 4 is 23.5 Å². The first-order chi connectivity index (χ1) is 17.6. The number of Topliss-reactive ketones (excluding diaryl/α,β-unsaturated/α-hetero) is 1. The number of carbonyl (C=O) groups excluding carboxylic acids is 4. The first-order valence-corrected chi connectivity index (χ1v) is 12.1. The van der Waals surface area contributed by atoms with Crippen LogP contribution in [0.5, 0.6) is 0 Å². The fourth-order valence-electron chi connectivity index (χ4n) is 4.87. The molecule has 0 bridgehead atoms. The van der Waals surface area contributed by atoms with Crippen molar-refractivity contribution in [2.24, 2.45) is 5.92 Å². The van der Waals surface area contributed by atoms with Crippen LogP contribution in [0.4, 0.5) is 13.2 Å². The van der Waals surface area contributed by atoms with Gasteiger partial charge in [0.25, 0.3) is 11.8 Å². The molecule has 1 N–H and O–H groups in total. The Bertz CT molecular complexity index is 1170. The average molecular weight is 517 g/mol. The lowest BCUT2D eigenvalue weighted by atomic mass is 10.0. The van der Waals surface area contributed by atoms with E-state index < -0.39 is 23.7 Å². The summed E-state index contributed by atoms with van der Waals surface area (Å²) >= 11 is 0. The van der Waals surface area contributed by atoms with Crippen molar-refractivity contribution < 1.29 is 32.3 Å². The number of pyridine rings is 1. The Morgan fingerprint density at radius 1 is 1.11 bits per heavy atom. The first kappa shape index (κ1) is 26.3. The zero-order valence-electron chi connectivity index (χ0n) is 20.2. The number of likely N-dealkylation sites (tertiary alicyclic amines) is 2. The summed E-state index contributed by atoms with van der Waals surface area (Å²) < 4.78 is 38.0. The molecule has 196 valence electrons. The highest BCUT2D eigenvalue weighted by molar-refractivity contribution is 6.01. The Morgan fingerprint density at radius 2 is 1.84 bits per heavy atom. The molecule has 11 heteroatoms. The average Bonchev–Trinajstić information content (AvgIpc) is 3.45. The minimum atomic E-state index is -4.47. The second kappa shape index (κ2) is 10.7. The standard InChI is InChI=1S/C26H27F3N4O4/c1-16(9-12-31-24(36)17-5-7-18(8-6-17)26(27,28)29)14-22(35)32-13-10-20-23(32)21(34)15-33(20)25(37)19-4-2-3-11-30-19/h2-8,11,16,20,23H,9-10,12-15H2,1H3,(H,31,36). The Hall–Kier alpha value is -3.76. The number of ketones is 1. The van der Waals surface area contributed by atoms with Crippen molar-refractivity contribution in [2.45, 2.75) is 44.4 Å². The van der Waals surface area contributed by atoms with Crippen LogP contribution in [-0.4, -0.2) is 70.0 Å². The number of hydrogen-bond acceptors (Lipinski definition) is 5. The fraction of sp³-hybridized carbons (Fsp3) is 0.423. The number of alkyl halides is 3. The number of amides is 3. The van der Waals surface area contributed by atoms with Crippen LogP contribution in [0.3, 0.4) is 0 Å². The van der Waals surface area contributed by atoms with Crippen molar-refractivity contribution in [3.63, 3.8) is 0 Å². The monoisotopic (exact) mass is 516 g/mol. The molecule has 2 aliphatic rings. The highest BCUT2D eigenvalue weighted by Gasteiger charge is 2.51. The van der Waals surface area contributed by atoms with E-state index in [1.807, 2.05) is 6.92 Å². The zero-order valence-corrected chi connectivity index (χ0v) is 20.2. The van der Waals surface area contributed by atoms with Crippen LogP contribution >= 0.6 is 0 Å². The summed E-state index contributed by atoms with van der Waals surface area (Å²) in [6, 6.07) is 7.92. The molecule has 2 saturated heterocycles. The van der Waals surface area contributed by atoms with Gasteiger partial charge in [0.05, 0.1) is 18.2 Å². The number of fused-ring (bicyclic) bond motifs is 1. The van der Waals surface area contributed by atoms with E-state index in [2.05, 4.69) is 10.3 Å². The number of carbonyl (C=O) groups is 4. The van der Waals surface area contributed by atoms with Crippen LogP contribution in [0.25, 0.3) is 0 Å². The summed E-state index contributed by atoms with van der Waals surface area (Å²) in [6.07, 6.45) is -1.81. The molecular formula is C26H27F3N4O4. The number of aromatic nitrogens is 1. The van der Waals surface area contributed by atoms with Gasteiger partial charge in [-0.1, -0.05) is 13.0 Å². The van der Waals surface area contributed by atoms with Crippen molar-refractivity contribution in [1.82, 2.24) is 20.1 Å². The van der Waals surface area contributed by atoms with Crippen molar-refractivity contribution in [3.8, 4) is 0 Å². The predicted molar refractivity (Wildman–Crippen MR) is 126 cm³/mol. The number of hydrogen-bond donors (Lipinski definition) is 1. The van der Waals surface area contributed by atoms with Crippen LogP contribution in [0.15, 0.2) is 48.7 Å². The lowest BCUT2D eigenvalue weighted by Crippen LogP contribution is -2.44. The quantitative estimate of drug-likeness (QED) is 0.610. The van der Waals surface area contributed by atoms with Crippen LogP contribution < -0.4 is 5.32 Å². The molecule has 3 unspecified atom stereocenters. The minimum absolute atomic E-state index is 0.0555. The van der Waals surface area contributed by atoms with Crippen LogP contribution in [0.1, 0.15) is 52.6 Å². The van der Waals surface area contributed by atoms with Gasteiger partial charge < -0.3 is 15.1 Å². The van der Waals surface area contributed by atoms with Gasteiger partial charge in [0.1, 0.15) is 11.7 Å². The van der Waals surface area contributed by atoms with E-state index in [0.29, 0.717) is 19.4 Å². The molecule has 37 heavy (non-hydrogen) atoms. The lowest BCUT2D eigenvalue weighted by Gasteiger charge is -2.25. The van der Waals surface area contributed by atoms with E-state index in [-0.39, 0.29) is 60.3 Å². The van der Waals surface area contributed by atoms with Gasteiger partial charge in [0, 0.05) is 31.3 Å². The Morgan fingerprint density at radius 3 is 2.49 bits per heavy atom. The highest BCUT2D eigenvalue weighted by Crippen LogP contribution is 2.32. The van der Waals surface area contributed by atoms with E-state index in [1.54, 1.807) is 23.1 Å². The first-order valence-electron chi connectivity index (χ1n) is 12.1. The molecule has 2 fully saturated rings. The molecule has 1 aromatic heterocycles. The van der Waals surface area contributed by atoms with Crippen molar-refractivity contribution in [2.75, 3.05) is 19.6 Å². The van der Waals surface area contributed by atoms with Gasteiger partial charge >= 0.3 is 6.18 Å². The molecule has 2 aliphatic heterocycles. The van der Waals surface area contributed by atoms with E-state index in [9.17, 15) is 32.3 Å². The fourth-order valence-corrected chi connectivity index (χ4v) is 4.87. The number of benzene rings is 1. The summed E-state index contributed by atoms with van der Waals surface area (Å²) in [7, 11) is 0. The molecule has 2 aromatic rings. The van der Waals surface area contributed by atoms with Gasteiger partial charge in [0.15, 0.2) is 5.78 Å². The Balaban J connectivity index is 1.26. The molecule has 0 radical (unpaired) electrons. The molecule has 0 saturated carbocycles. The zero-order chi connectivity index (χ0) is 26.7. The topological polar surface area (TPSA) is 99.7 Å². The van der Waals surface area contributed by atoms with E-state index >= 15 is 0 Å². The summed E-state index contributed by atoms with van der Waals surface area (Å²) in [4.78, 5) is 57.9. The molecule has 3 amide bonds. The number of halogens is 3. The van der Waals surface area contributed by atoms with Gasteiger partial charge in [-0.15, -0.1) is 0 Å². The van der Waals surface area contributed by atoms with Gasteiger partial charge in [0.2, 0.25) is 5.91 Å². The van der Waals surface area contributed by atoms with Gasteiger partial charge in [-0.25, -0.2) is 0 Å². The molecular weight excluding hydrogens is 489 g/mol. The van der Waals surface area contributed by atoms with Crippen LogP contribution in [-0.2, 0) is 15.8 Å². The third-order valence-corrected chi connectivity index (χ3v) is 6.81. The molecule has 3 heterocycles. The summed E-state index contributed by atoms with van der Waals surface area (Å²) in [6.45, 7) is 2.41. The van der Waals surface area contributed by atoms with Gasteiger partial charge in [-0.2, -0.15) is 13.2 Å². The molecule has 3 atom stereocenters. The Labute approximate surface area is 211 Å². The predicted octanol–water partition coefficient (Wildman–Crippen LogP) is 2.94. The smallest absolute Gasteiger partial charge is 0.352 e. The second-order valence-electron chi connectivity index (χ2n) is 9.43. The maximum Gasteiger partial charge on any atom is 0.416 e. The van der Waals surface area contributed by atoms with Crippen molar-refractivity contribution in [1.29, 1.82) is 0 Å². The van der Waals surface area contributed by atoms with Crippen molar-refractivity contribution in [3.05, 3.63) is 65.5 Å². The summed E-state index contributed by atoms with van der Waals surface area (Å²) in [5.41, 5.74) is -0.456. The molecule has 4 rings (SSSR count). The summed E-state index contributed by atoms with van der Waals surface area (Å²) in [5, 5.41) is 2.66. The lowest BCUT2D eigenvalue weighted by molar-refractivity contribution is -0.137. The third kappa shape index (κ3) is 5.81. The second-order valence-corrected chi connectivity index (χ2v) is 9.43. The maximum absolute atomic E-state index is 13.0. The number of nitrogens with zero attached hydrogens (tertiary/aromatic N) is 3. The number of rotatable bonds is 7. The molecule has 0 aliphatic carbocycles. The molecule has 0 spiro atoms. The van der Waals surface area contributed by atoms with E-state index in [4.69, 9.17) is 0 Å². The van der Waals surface area contributed by atoms with Gasteiger partial charge in [-0.3, -0.25) is 24.2 Å². The largest absolute Gasteiger partial charge is 0.416 e. The molecule has 8 nitrogen and oxygen atoms in total. The van der Waals surface area contributed by atoms with E-state index in [1.165, 1.54) is 11.1 Å². The Kier molecular flexibility index (Phi) is 7.60. The number of nitrogens with one attached hydrogen (secondary N) is 1. The van der Waals surface area contributed by atoms with Gasteiger partial charge in [-0.05, 0) is 55.2 Å². The normalized spacial score (nSPS) is 20.1. The SMILES string of the molecule is CC(CCNC(=O)c1ccc(C(F)(F)F)cc1)CC(=O)N1CCC2C1C(=O)CN2C(=O)c1ccccn1. The van der Waals surface area contributed by atoms with E-state index in [0.717, 1.165) is 24.3 Å². The van der Waals surface area contributed by atoms with Crippen LogP contribution in [0.2, 0.25) is 0 Å². The van der Waals surface area contributed by atoms with Crippen LogP contribution in [0, 0.1) is 5.92 Å². The summed E-state index contributed by atoms with van der Waals surface area (Å²) in [5.74, 6) is -1.29. The maximum atomic E-state index is 13.0. The highest BCUT2D eigenvalue weighted by atomic mass is 19.4.